The number of allylic oxidation sites excluding steroid dienone is 3. The molecule has 2 aliphatic rings. The monoisotopic (exact) mass is 407 g/mol. The second kappa shape index (κ2) is 7.88. The minimum absolute atomic E-state index is 0.0337. The van der Waals surface area contributed by atoms with Gasteiger partial charge >= 0.3 is 5.97 Å². The lowest BCUT2D eigenvalue weighted by Crippen LogP contribution is -2.36. The standard InChI is InChI=1S/C24H22ClNO3/c1-14-21(24(28)29-2)22(17-10-6-7-11-18(17)25)23-19(26-14)12-16(13-20(23)27)15-8-4-3-5-9-15/h3-11,16,22,26H,12-13H2,1-2H3/t16-,22-/m0/s1. The summed E-state index contributed by atoms with van der Waals surface area (Å²) in [5.74, 6) is -0.846. The van der Waals surface area contributed by atoms with Crippen LogP contribution in [0.25, 0.3) is 0 Å². The molecule has 4 rings (SSSR count). The number of carbonyl (C=O) groups is 2. The number of esters is 1. The molecule has 1 aliphatic heterocycles. The van der Waals surface area contributed by atoms with Gasteiger partial charge in [-0.25, -0.2) is 4.79 Å². The molecule has 0 radical (unpaired) electrons. The van der Waals surface area contributed by atoms with Crippen LogP contribution in [-0.2, 0) is 14.3 Å². The lowest BCUT2D eigenvalue weighted by molar-refractivity contribution is -0.136. The molecule has 2 aromatic carbocycles. The third-order valence-corrected chi connectivity index (χ3v) is 6.06. The number of dihydropyridines is 1. The van der Waals surface area contributed by atoms with E-state index in [1.807, 2.05) is 43.3 Å². The number of carbonyl (C=O) groups excluding carboxylic acids is 2. The number of Topliss-reactive ketones (excluding diaryl/α,β-unsaturated/α-hetero) is 1. The maximum atomic E-state index is 13.4. The van der Waals surface area contributed by atoms with Crippen LogP contribution in [-0.4, -0.2) is 18.9 Å². The predicted molar refractivity (Wildman–Crippen MR) is 112 cm³/mol. The summed E-state index contributed by atoms with van der Waals surface area (Å²) in [6.45, 7) is 1.84. The molecule has 0 aromatic heterocycles. The summed E-state index contributed by atoms with van der Waals surface area (Å²) in [6.07, 6.45) is 1.11. The average molecular weight is 408 g/mol. The van der Waals surface area contributed by atoms with Gasteiger partial charge in [0.25, 0.3) is 0 Å². The Morgan fingerprint density at radius 3 is 2.45 bits per heavy atom. The van der Waals surface area contributed by atoms with Crippen molar-refractivity contribution in [3.05, 3.63) is 93.3 Å². The minimum Gasteiger partial charge on any atom is -0.466 e. The van der Waals surface area contributed by atoms with Crippen LogP contribution in [0.2, 0.25) is 5.02 Å². The number of nitrogens with one attached hydrogen (secondary N) is 1. The van der Waals surface area contributed by atoms with E-state index in [0.29, 0.717) is 34.7 Å². The quantitative estimate of drug-likeness (QED) is 0.737. The van der Waals surface area contributed by atoms with Gasteiger partial charge in [0.1, 0.15) is 0 Å². The Morgan fingerprint density at radius 1 is 1.07 bits per heavy atom. The van der Waals surface area contributed by atoms with Gasteiger partial charge in [-0.2, -0.15) is 0 Å². The largest absolute Gasteiger partial charge is 0.466 e. The molecule has 1 heterocycles. The number of hydrogen-bond acceptors (Lipinski definition) is 4. The van der Waals surface area contributed by atoms with E-state index in [1.54, 1.807) is 6.07 Å². The van der Waals surface area contributed by atoms with Gasteiger partial charge < -0.3 is 10.1 Å². The van der Waals surface area contributed by atoms with Gasteiger partial charge in [0.2, 0.25) is 0 Å². The lowest BCUT2D eigenvalue weighted by Gasteiger charge is -2.36. The molecule has 0 saturated heterocycles. The van der Waals surface area contributed by atoms with Crippen LogP contribution in [0.15, 0.2) is 77.1 Å². The fraction of sp³-hybridized carbons (Fsp3) is 0.250. The number of benzene rings is 2. The van der Waals surface area contributed by atoms with Crippen LogP contribution in [0.1, 0.15) is 42.7 Å². The van der Waals surface area contributed by atoms with E-state index in [9.17, 15) is 9.59 Å². The van der Waals surface area contributed by atoms with E-state index < -0.39 is 11.9 Å². The summed E-state index contributed by atoms with van der Waals surface area (Å²) in [5.41, 5.74) is 4.51. The Hall–Kier alpha value is -2.85. The van der Waals surface area contributed by atoms with E-state index in [-0.39, 0.29) is 11.7 Å². The number of ketones is 1. The van der Waals surface area contributed by atoms with Crippen LogP contribution >= 0.6 is 11.6 Å². The third-order valence-electron chi connectivity index (χ3n) is 5.72. The summed E-state index contributed by atoms with van der Waals surface area (Å²) >= 11 is 6.49. The average Bonchev–Trinajstić information content (AvgIpc) is 2.73. The third kappa shape index (κ3) is 3.49. The van der Waals surface area contributed by atoms with Crippen molar-refractivity contribution >= 4 is 23.4 Å². The lowest BCUT2D eigenvalue weighted by atomic mass is 9.71. The van der Waals surface area contributed by atoms with E-state index in [0.717, 1.165) is 16.8 Å². The Balaban J connectivity index is 1.84. The maximum Gasteiger partial charge on any atom is 0.336 e. The van der Waals surface area contributed by atoms with Crippen molar-refractivity contribution in [2.24, 2.45) is 0 Å². The molecule has 5 heteroatoms. The Labute approximate surface area is 175 Å². The van der Waals surface area contributed by atoms with E-state index >= 15 is 0 Å². The molecule has 4 nitrogen and oxygen atoms in total. The van der Waals surface area contributed by atoms with Crippen molar-refractivity contribution in [1.82, 2.24) is 5.32 Å². The van der Waals surface area contributed by atoms with Gasteiger partial charge in [-0.05, 0) is 36.5 Å². The van der Waals surface area contributed by atoms with E-state index in [4.69, 9.17) is 16.3 Å². The van der Waals surface area contributed by atoms with Crippen LogP contribution in [0, 0.1) is 0 Å². The van der Waals surface area contributed by atoms with Crippen LogP contribution < -0.4 is 5.32 Å². The van der Waals surface area contributed by atoms with E-state index in [2.05, 4.69) is 17.4 Å². The second-order valence-corrected chi connectivity index (χ2v) is 7.85. The zero-order chi connectivity index (χ0) is 20.5. The van der Waals surface area contributed by atoms with Crippen molar-refractivity contribution in [3.63, 3.8) is 0 Å². The number of halogens is 1. The zero-order valence-corrected chi connectivity index (χ0v) is 17.1. The first kappa shape index (κ1) is 19.5. The molecular weight excluding hydrogens is 386 g/mol. The topological polar surface area (TPSA) is 55.4 Å². The number of rotatable bonds is 3. The van der Waals surface area contributed by atoms with Crippen molar-refractivity contribution in [1.29, 1.82) is 0 Å². The molecule has 0 fully saturated rings. The Kier molecular flexibility index (Phi) is 5.29. The molecular formula is C24H22ClNO3. The van der Waals surface area contributed by atoms with Crippen molar-refractivity contribution in [2.75, 3.05) is 7.11 Å². The van der Waals surface area contributed by atoms with Gasteiger partial charge in [0, 0.05) is 34.3 Å². The molecule has 0 amide bonds. The van der Waals surface area contributed by atoms with Crippen molar-refractivity contribution in [2.45, 2.75) is 31.6 Å². The highest BCUT2D eigenvalue weighted by molar-refractivity contribution is 6.31. The molecule has 0 saturated carbocycles. The minimum atomic E-state index is -0.531. The first-order valence-electron chi connectivity index (χ1n) is 9.63. The van der Waals surface area contributed by atoms with Crippen molar-refractivity contribution < 1.29 is 14.3 Å². The summed E-state index contributed by atoms with van der Waals surface area (Å²) < 4.78 is 5.04. The molecule has 2 atom stereocenters. The zero-order valence-electron chi connectivity index (χ0n) is 16.4. The highest BCUT2D eigenvalue weighted by atomic mass is 35.5. The number of methoxy groups -OCH3 is 1. The first-order valence-corrected chi connectivity index (χ1v) is 10.0. The fourth-order valence-corrected chi connectivity index (χ4v) is 4.65. The fourth-order valence-electron chi connectivity index (χ4n) is 4.40. The Morgan fingerprint density at radius 2 is 1.76 bits per heavy atom. The molecule has 2 aromatic rings. The number of hydrogen-bond donors (Lipinski definition) is 1. The highest BCUT2D eigenvalue weighted by Crippen LogP contribution is 2.46. The molecule has 29 heavy (non-hydrogen) atoms. The highest BCUT2D eigenvalue weighted by Gasteiger charge is 2.41. The van der Waals surface area contributed by atoms with E-state index in [1.165, 1.54) is 7.11 Å². The Bertz CT molecular complexity index is 1040. The van der Waals surface area contributed by atoms with Gasteiger partial charge in [0.05, 0.1) is 12.7 Å². The van der Waals surface area contributed by atoms with Gasteiger partial charge in [0.15, 0.2) is 5.78 Å². The maximum absolute atomic E-state index is 13.4. The predicted octanol–water partition coefficient (Wildman–Crippen LogP) is 4.87. The molecule has 0 bridgehead atoms. The van der Waals surface area contributed by atoms with Crippen LogP contribution in [0.5, 0.6) is 0 Å². The second-order valence-electron chi connectivity index (χ2n) is 7.44. The SMILES string of the molecule is COC(=O)C1=C(C)NC2=C(C(=O)C[C@@H](c3ccccc3)C2)[C@H]1c1ccccc1Cl. The summed E-state index contributed by atoms with van der Waals surface area (Å²) in [7, 11) is 1.35. The smallest absolute Gasteiger partial charge is 0.336 e. The first-order chi connectivity index (χ1) is 14.0. The van der Waals surface area contributed by atoms with Gasteiger partial charge in [-0.1, -0.05) is 60.1 Å². The van der Waals surface area contributed by atoms with Crippen LogP contribution in [0.3, 0.4) is 0 Å². The normalized spacial score (nSPS) is 21.6. The molecule has 148 valence electrons. The van der Waals surface area contributed by atoms with Gasteiger partial charge in [-0.15, -0.1) is 0 Å². The summed E-state index contributed by atoms with van der Waals surface area (Å²) in [6, 6.07) is 17.4. The summed E-state index contributed by atoms with van der Waals surface area (Å²) in [5, 5.41) is 3.85. The van der Waals surface area contributed by atoms with Gasteiger partial charge in [-0.3, -0.25) is 4.79 Å². The molecule has 1 N–H and O–H groups in total. The molecule has 1 aliphatic carbocycles. The number of ether oxygens (including phenoxy) is 1. The van der Waals surface area contributed by atoms with Crippen LogP contribution in [0.4, 0.5) is 0 Å². The summed E-state index contributed by atoms with van der Waals surface area (Å²) in [4.78, 5) is 26.0. The van der Waals surface area contributed by atoms with Crippen molar-refractivity contribution in [3.8, 4) is 0 Å². The molecule has 0 unspecified atom stereocenters. The molecule has 0 spiro atoms.